The number of benzene rings is 1. The first kappa shape index (κ1) is 13.1. The van der Waals surface area contributed by atoms with Crippen molar-refractivity contribution in [2.45, 2.75) is 45.3 Å². The van der Waals surface area contributed by atoms with Crippen molar-refractivity contribution in [2.24, 2.45) is 0 Å². The molecule has 98 valence electrons. The first-order valence-electron chi connectivity index (χ1n) is 6.52. The zero-order valence-electron chi connectivity index (χ0n) is 11.2. The molecule has 1 aliphatic carbocycles. The molecule has 0 amide bonds. The average Bonchev–Trinajstić information content (AvgIpc) is 2.36. The van der Waals surface area contributed by atoms with Crippen LogP contribution in [0.1, 0.15) is 38.7 Å². The molecule has 0 aromatic heterocycles. The topological polar surface area (TPSA) is 35.5 Å². The third kappa shape index (κ3) is 2.72. The van der Waals surface area contributed by atoms with Gasteiger partial charge >= 0.3 is 0 Å². The minimum atomic E-state index is -0.377. The molecule has 1 aromatic rings. The number of hydrogen-bond donors (Lipinski definition) is 0. The Morgan fingerprint density at radius 1 is 1.39 bits per heavy atom. The number of Topliss-reactive ketones (excluding diaryl/α,β-unsaturated/α-hetero) is 1. The maximum atomic E-state index is 11.4. The molecule has 0 radical (unpaired) electrons. The van der Waals surface area contributed by atoms with E-state index in [2.05, 4.69) is 19.9 Å². The summed E-state index contributed by atoms with van der Waals surface area (Å²) in [5, 5.41) is 0. The van der Waals surface area contributed by atoms with Crippen LogP contribution in [-0.4, -0.2) is 24.6 Å². The van der Waals surface area contributed by atoms with Gasteiger partial charge in [0.2, 0.25) is 0 Å². The molecule has 1 saturated carbocycles. The fourth-order valence-corrected chi connectivity index (χ4v) is 2.07. The summed E-state index contributed by atoms with van der Waals surface area (Å²) in [4.78, 5) is 11.4. The predicted octanol–water partition coefficient (Wildman–Crippen LogP) is 2.94. The quantitative estimate of drug-likeness (QED) is 0.803. The summed E-state index contributed by atoms with van der Waals surface area (Å²) in [7, 11) is 0. The van der Waals surface area contributed by atoms with Crippen LogP contribution in [-0.2, 0) is 9.53 Å². The molecule has 0 bridgehead atoms. The highest BCUT2D eigenvalue weighted by Crippen LogP contribution is 2.27. The Balaban J connectivity index is 2.01. The fourth-order valence-electron chi connectivity index (χ4n) is 2.07. The third-order valence-corrected chi connectivity index (χ3v) is 3.22. The second kappa shape index (κ2) is 5.53. The first-order valence-corrected chi connectivity index (χ1v) is 6.52. The number of rotatable bonds is 5. The van der Waals surface area contributed by atoms with Gasteiger partial charge in [0.25, 0.3) is 0 Å². The summed E-state index contributed by atoms with van der Waals surface area (Å²) in [6.07, 6.45) is -0.0473. The largest absolute Gasteiger partial charge is 0.487 e. The predicted molar refractivity (Wildman–Crippen MR) is 70.0 cm³/mol. The van der Waals surface area contributed by atoms with Crippen LogP contribution in [0.2, 0.25) is 0 Å². The van der Waals surface area contributed by atoms with Gasteiger partial charge in [-0.1, -0.05) is 26.0 Å². The number of carbonyl (C=O) groups excluding carboxylic acids is 1. The minimum Gasteiger partial charge on any atom is -0.487 e. The van der Waals surface area contributed by atoms with E-state index in [4.69, 9.17) is 9.47 Å². The molecule has 1 fully saturated rings. The van der Waals surface area contributed by atoms with Gasteiger partial charge in [0.05, 0.1) is 0 Å². The van der Waals surface area contributed by atoms with E-state index >= 15 is 0 Å². The molecule has 3 nitrogen and oxygen atoms in total. The van der Waals surface area contributed by atoms with Crippen molar-refractivity contribution in [3.8, 4) is 5.75 Å². The normalized spacial score (nSPS) is 23.0. The molecule has 0 N–H and O–H groups in total. The van der Waals surface area contributed by atoms with Crippen molar-refractivity contribution in [3.05, 3.63) is 29.8 Å². The summed E-state index contributed by atoms with van der Waals surface area (Å²) in [6, 6.07) is 8.04. The van der Waals surface area contributed by atoms with Crippen LogP contribution in [0.3, 0.4) is 0 Å². The molecule has 0 saturated heterocycles. The van der Waals surface area contributed by atoms with Gasteiger partial charge in [0.15, 0.2) is 11.9 Å². The molecule has 2 unspecified atom stereocenters. The van der Waals surface area contributed by atoms with Crippen LogP contribution in [0, 0.1) is 0 Å². The highest BCUT2D eigenvalue weighted by atomic mass is 16.5. The average molecular weight is 248 g/mol. The third-order valence-electron chi connectivity index (χ3n) is 3.22. The zero-order valence-corrected chi connectivity index (χ0v) is 11.2. The molecule has 18 heavy (non-hydrogen) atoms. The van der Waals surface area contributed by atoms with Gasteiger partial charge in [-0.3, -0.25) is 4.79 Å². The lowest BCUT2D eigenvalue weighted by atomic mass is 9.90. The molecule has 1 aliphatic rings. The van der Waals surface area contributed by atoms with Crippen LogP contribution in [0.25, 0.3) is 0 Å². The lowest BCUT2D eigenvalue weighted by Crippen LogP contribution is -2.52. The number of carbonyl (C=O) groups is 1. The Kier molecular flexibility index (Phi) is 4.02. The number of ether oxygens (including phenoxy) is 2. The van der Waals surface area contributed by atoms with E-state index in [9.17, 15) is 4.79 Å². The molecule has 0 heterocycles. The number of hydrogen-bond acceptors (Lipinski definition) is 3. The Hall–Kier alpha value is -1.35. The van der Waals surface area contributed by atoms with Crippen molar-refractivity contribution in [3.63, 3.8) is 0 Å². The Bertz CT molecular complexity index is 426. The van der Waals surface area contributed by atoms with Crippen LogP contribution in [0.15, 0.2) is 24.3 Å². The molecular weight excluding hydrogens is 228 g/mol. The molecule has 2 rings (SSSR count). The van der Waals surface area contributed by atoms with E-state index in [0.717, 1.165) is 5.75 Å². The van der Waals surface area contributed by atoms with Crippen LogP contribution in [0.5, 0.6) is 5.75 Å². The molecule has 1 aromatic carbocycles. The highest BCUT2D eigenvalue weighted by molar-refractivity contribution is 5.90. The lowest BCUT2D eigenvalue weighted by Gasteiger charge is -2.34. The van der Waals surface area contributed by atoms with E-state index in [0.29, 0.717) is 18.9 Å². The summed E-state index contributed by atoms with van der Waals surface area (Å²) in [5.41, 5.74) is 1.24. The molecule has 0 aliphatic heterocycles. The smallest absolute Gasteiger partial charge is 0.169 e. The molecular formula is C15H20O3. The van der Waals surface area contributed by atoms with Gasteiger partial charge in [0.1, 0.15) is 11.9 Å². The molecule has 0 spiro atoms. The summed E-state index contributed by atoms with van der Waals surface area (Å²) in [6.45, 7) is 6.73. The van der Waals surface area contributed by atoms with Crippen LogP contribution in [0.4, 0.5) is 0 Å². The van der Waals surface area contributed by atoms with E-state index in [1.807, 2.05) is 25.1 Å². The van der Waals surface area contributed by atoms with Gasteiger partial charge in [-0.15, -0.1) is 0 Å². The van der Waals surface area contributed by atoms with Crippen molar-refractivity contribution in [2.75, 3.05) is 6.61 Å². The molecule has 3 heteroatoms. The van der Waals surface area contributed by atoms with Gasteiger partial charge in [0, 0.05) is 13.0 Å². The Morgan fingerprint density at radius 2 is 2.17 bits per heavy atom. The summed E-state index contributed by atoms with van der Waals surface area (Å²) in [5.74, 6) is 1.43. The first-order chi connectivity index (χ1) is 8.61. The van der Waals surface area contributed by atoms with Crippen molar-refractivity contribution >= 4 is 5.78 Å². The van der Waals surface area contributed by atoms with E-state index in [1.54, 1.807) is 0 Å². The number of ketones is 1. The van der Waals surface area contributed by atoms with Crippen molar-refractivity contribution < 1.29 is 14.3 Å². The van der Waals surface area contributed by atoms with Gasteiger partial charge < -0.3 is 9.47 Å². The highest BCUT2D eigenvalue weighted by Gasteiger charge is 2.42. The SMILES string of the molecule is CCOC1C(=O)CC1Oc1cccc(C(C)C)c1. The van der Waals surface area contributed by atoms with Crippen molar-refractivity contribution in [1.29, 1.82) is 0 Å². The second-order valence-electron chi connectivity index (χ2n) is 4.93. The van der Waals surface area contributed by atoms with Gasteiger partial charge in [-0.2, -0.15) is 0 Å². The van der Waals surface area contributed by atoms with Crippen molar-refractivity contribution in [1.82, 2.24) is 0 Å². The van der Waals surface area contributed by atoms with Gasteiger partial charge in [-0.05, 0) is 30.5 Å². The van der Waals surface area contributed by atoms with Crippen LogP contribution < -0.4 is 4.74 Å². The maximum Gasteiger partial charge on any atom is 0.169 e. The van der Waals surface area contributed by atoms with E-state index in [1.165, 1.54) is 5.56 Å². The standard InChI is InChI=1S/C15H20O3/c1-4-17-15-13(16)9-14(15)18-12-7-5-6-11(8-12)10(2)3/h5-8,10,14-15H,4,9H2,1-3H3. The zero-order chi connectivity index (χ0) is 13.1. The monoisotopic (exact) mass is 248 g/mol. The van der Waals surface area contributed by atoms with Crippen LogP contribution >= 0.6 is 0 Å². The Labute approximate surface area is 108 Å². The fraction of sp³-hybridized carbons (Fsp3) is 0.533. The Morgan fingerprint density at radius 3 is 2.78 bits per heavy atom. The lowest BCUT2D eigenvalue weighted by molar-refractivity contribution is -0.154. The van der Waals surface area contributed by atoms with Gasteiger partial charge in [-0.25, -0.2) is 0 Å². The van der Waals surface area contributed by atoms with E-state index in [-0.39, 0.29) is 18.0 Å². The minimum absolute atomic E-state index is 0.125. The second-order valence-corrected chi connectivity index (χ2v) is 4.93. The van der Waals surface area contributed by atoms with E-state index < -0.39 is 0 Å². The maximum absolute atomic E-state index is 11.4. The molecule has 2 atom stereocenters. The summed E-state index contributed by atoms with van der Waals surface area (Å²) < 4.78 is 11.2. The summed E-state index contributed by atoms with van der Waals surface area (Å²) >= 11 is 0.